The number of carbonyl (C=O) groups excluding carboxylic acids is 1. The minimum atomic E-state index is -0.401. The normalized spacial score (nSPS) is 22.1. The lowest BCUT2D eigenvalue weighted by atomic mass is 10.0. The number of hydrogen-bond donors (Lipinski definition) is 0. The van der Waals surface area contributed by atoms with E-state index in [1.54, 1.807) is 4.90 Å². The van der Waals surface area contributed by atoms with Crippen molar-refractivity contribution in [3.05, 3.63) is 71.0 Å². The van der Waals surface area contributed by atoms with Crippen LogP contribution in [0, 0.1) is 18.3 Å². The van der Waals surface area contributed by atoms with Crippen molar-refractivity contribution in [2.24, 2.45) is 0 Å². The van der Waals surface area contributed by atoms with Crippen LogP contribution in [0.15, 0.2) is 48.7 Å². The van der Waals surface area contributed by atoms with Crippen LogP contribution >= 0.6 is 0 Å². The number of piperazine rings is 1. The van der Waals surface area contributed by atoms with Gasteiger partial charge < -0.3 is 33.8 Å². The average molecular weight is 720 g/mol. The fourth-order valence-corrected chi connectivity index (χ4v) is 8.42. The van der Waals surface area contributed by atoms with Crippen molar-refractivity contribution in [2.75, 3.05) is 62.8 Å². The molecule has 1 amide bonds. The Morgan fingerprint density at radius 2 is 1.89 bits per heavy atom. The summed E-state index contributed by atoms with van der Waals surface area (Å²) >= 11 is 0. The molecule has 278 valence electrons. The molecule has 4 aliphatic rings. The van der Waals surface area contributed by atoms with Crippen molar-refractivity contribution in [1.29, 1.82) is 5.26 Å². The van der Waals surface area contributed by atoms with Crippen LogP contribution in [0.1, 0.15) is 67.1 Å². The van der Waals surface area contributed by atoms with Crippen molar-refractivity contribution in [3.8, 4) is 12.1 Å². The maximum Gasteiger partial charge on any atom is 0.410 e. The van der Waals surface area contributed by atoms with Crippen LogP contribution < -0.4 is 14.5 Å². The Bertz CT molecular complexity index is 1960. The Kier molecular flexibility index (Phi) is 10.3. The standard InChI is InChI=1S/C40H49N9O4/c1-28-13-14-35-33(23-42-49(35)36-12-6-7-22-51-36)37(28)46-19-16-32-34(25-46)43-39(52-27-31-11-8-18-45(31)2)44-38(32)47-20-21-48(30(24-47)15-17-41)40(50)53-26-29-9-4-3-5-10-29/h3-5,9-10,13-14,23,30-31,36H,6-8,11-12,15-16,18-22,24-27H2,1-2H3/t30-,31?,36?/m0/s1. The second kappa shape index (κ2) is 15.6. The number of hydrogen-bond acceptors (Lipinski definition) is 11. The van der Waals surface area contributed by atoms with E-state index >= 15 is 0 Å². The summed E-state index contributed by atoms with van der Waals surface area (Å²) in [6.07, 6.45) is 7.93. The molecule has 6 heterocycles. The quantitative estimate of drug-likeness (QED) is 0.214. The summed E-state index contributed by atoms with van der Waals surface area (Å²) in [7, 11) is 2.14. The number of rotatable bonds is 9. The molecule has 2 unspecified atom stereocenters. The lowest BCUT2D eigenvalue weighted by Gasteiger charge is -2.42. The summed E-state index contributed by atoms with van der Waals surface area (Å²) in [4.78, 5) is 32.1. The highest BCUT2D eigenvalue weighted by atomic mass is 16.6. The van der Waals surface area contributed by atoms with E-state index in [2.05, 4.69) is 51.6 Å². The summed E-state index contributed by atoms with van der Waals surface area (Å²) in [6.45, 7) is 7.53. The van der Waals surface area contributed by atoms with Crippen molar-refractivity contribution < 1.29 is 19.0 Å². The van der Waals surface area contributed by atoms with Crippen molar-refractivity contribution in [3.63, 3.8) is 0 Å². The highest BCUT2D eigenvalue weighted by molar-refractivity contribution is 5.94. The summed E-state index contributed by atoms with van der Waals surface area (Å²) in [5.74, 6) is 0.835. The molecule has 53 heavy (non-hydrogen) atoms. The van der Waals surface area contributed by atoms with E-state index in [9.17, 15) is 10.1 Å². The zero-order chi connectivity index (χ0) is 36.3. The van der Waals surface area contributed by atoms with Gasteiger partial charge >= 0.3 is 12.1 Å². The largest absolute Gasteiger partial charge is 0.462 e. The van der Waals surface area contributed by atoms with Crippen LogP contribution in [0.4, 0.5) is 16.3 Å². The number of likely N-dealkylation sites (tertiary alicyclic amines) is 1. The van der Waals surface area contributed by atoms with Crippen molar-refractivity contribution in [2.45, 2.75) is 83.3 Å². The van der Waals surface area contributed by atoms with Gasteiger partial charge in [-0.15, -0.1) is 0 Å². The molecular weight excluding hydrogens is 670 g/mol. The van der Waals surface area contributed by atoms with Gasteiger partial charge in [-0.1, -0.05) is 36.4 Å². The van der Waals surface area contributed by atoms with E-state index in [1.807, 2.05) is 36.5 Å². The van der Waals surface area contributed by atoms with Gasteiger partial charge in [-0.3, -0.25) is 0 Å². The lowest BCUT2D eigenvalue weighted by Crippen LogP contribution is -2.55. The first-order valence-corrected chi connectivity index (χ1v) is 19.1. The van der Waals surface area contributed by atoms with E-state index < -0.39 is 6.09 Å². The van der Waals surface area contributed by atoms with Gasteiger partial charge in [-0.2, -0.15) is 20.3 Å². The third-order valence-electron chi connectivity index (χ3n) is 11.3. The fourth-order valence-electron chi connectivity index (χ4n) is 8.42. The fraction of sp³-hybridized carbons (Fsp3) is 0.525. The molecule has 3 fully saturated rings. The molecule has 3 atom stereocenters. The van der Waals surface area contributed by atoms with E-state index in [0.29, 0.717) is 44.8 Å². The van der Waals surface area contributed by atoms with Crippen LogP contribution in [0.25, 0.3) is 10.9 Å². The molecule has 0 aliphatic carbocycles. The van der Waals surface area contributed by atoms with Crippen molar-refractivity contribution >= 4 is 28.5 Å². The smallest absolute Gasteiger partial charge is 0.410 e. The zero-order valence-electron chi connectivity index (χ0n) is 30.8. The molecule has 2 aromatic heterocycles. The van der Waals surface area contributed by atoms with Gasteiger partial charge in [0, 0.05) is 49.8 Å². The van der Waals surface area contributed by atoms with Crippen LogP contribution in [-0.2, 0) is 29.0 Å². The molecule has 4 aromatic rings. The topological polar surface area (TPSA) is 125 Å². The molecule has 0 saturated carbocycles. The number of benzene rings is 2. The van der Waals surface area contributed by atoms with Crippen LogP contribution in [0.5, 0.6) is 6.01 Å². The van der Waals surface area contributed by atoms with Crippen LogP contribution in [0.2, 0.25) is 0 Å². The van der Waals surface area contributed by atoms with E-state index in [4.69, 9.17) is 29.3 Å². The van der Waals surface area contributed by atoms with E-state index in [0.717, 1.165) is 91.8 Å². The number of anilines is 2. The molecule has 13 heteroatoms. The Labute approximate surface area is 311 Å². The van der Waals surface area contributed by atoms with E-state index in [1.165, 1.54) is 11.3 Å². The summed E-state index contributed by atoms with van der Waals surface area (Å²) in [5, 5.41) is 15.8. The molecule has 2 aromatic carbocycles. The highest BCUT2D eigenvalue weighted by Crippen LogP contribution is 2.38. The predicted molar refractivity (Wildman–Crippen MR) is 201 cm³/mol. The maximum absolute atomic E-state index is 13.3. The molecular formula is C40H49N9O4. The molecule has 8 rings (SSSR count). The predicted octanol–water partition coefficient (Wildman–Crippen LogP) is 5.61. The minimum Gasteiger partial charge on any atom is -0.462 e. The van der Waals surface area contributed by atoms with E-state index in [-0.39, 0.29) is 25.3 Å². The maximum atomic E-state index is 13.3. The van der Waals surface area contributed by atoms with Gasteiger partial charge in [0.1, 0.15) is 19.0 Å². The number of ether oxygens (including phenoxy) is 3. The van der Waals surface area contributed by atoms with Crippen LogP contribution in [0.3, 0.4) is 0 Å². The molecule has 0 N–H and O–H groups in total. The summed E-state index contributed by atoms with van der Waals surface area (Å²) in [6, 6.07) is 16.7. The Hall–Kier alpha value is -4.93. The summed E-state index contributed by atoms with van der Waals surface area (Å²) in [5.41, 5.74) is 6.40. The number of fused-ring (bicyclic) bond motifs is 2. The Balaban J connectivity index is 1.07. The van der Waals surface area contributed by atoms with Gasteiger partial charge in [0.2, 0.25) is 0 Å². The third kappa shape index (κ3) is 7.35. The SMILES string of the molecule is Cc1ccc2c(cnn2C2CCCCO2)c1N1CCc2c(nc(OCC3CCCN3C)nc2N2CCN(C(=O)OCc3ccccc3)[C@@H](CC#N)C2)C1. The Morgan fingerprint density at radius 1 is 1.00 bits per heavy atom. The minimum absolute atomic E-state index is 0.0381. The zero-order valence-corrected chi connectivity index (χ0v) is 30.8. The molecule has 13 nitrogen and oxygen atoms in total. The number of aryl methyl sites for hydroxylation is 1. The molecule has 0 bridgehead atoms. The third-order valence-corrected chi connectivity index (χ3v) is 11.3. The first-order chi connectivity index (χ1) is 26.0. The number of nitrogens with zero attached hydrogens (tertiary/aromatic N) is 9. The van der Waals surface area contributed by atoms with Gasteiger partial charge in [-0.25, -0.2) is 9.48 Å². The molecule has 4 aliphatic heterocycles. The number of carbonyl (C=O) groups is 1. The van der Waals surface area contributed by atoms with Crippen LogP contribution in [-0.4, -0.2) is 101 Å². The van der Waals surface area contributed by atoms with Gasteiger partial charge in [0.05, 0.1) is 48.2 Å². The molecule has 0 radical (unpaired) electrons. The molecule has 0 spiro atoms. The van der Waals surface area contributed by atoms with Gasteiger partial charge in [-0.05, 0) is 76.2 Å². The average Bonchev–Trinajstić information content (AvgIpc) is 3.82. The number of aromatic nitrogens is 4. The first-order valence-electron chi connectivity index (χ1n) is 19.1. The van der Waals surface area contributed by atoms with Crippen molar-refractivity contribution in [1.82, 2.24) is 29.5 Å². The second-order valence-corrected chi connectivity index (χ2v) is 14.8. The number of likely N-dealkylation sites (N-methyl/N-ethyl adjacent to an activating group) is 1. The highest BCUT2D eigenvalue weighted by Gasteiger charge is 2.35. The van der Waals surface area contributed by atoms with Gasteiger partial charge in [0.15, 0.2) is 6.23 Å². The summed E-state index contributed by atoms with van der Waals surface area (Å²) < 4.78 is 20.3. The van der Waals surface area contributed by atoms with Gasteiger partial charge in [0.25, 0.3) is 0 Å². The second-order valence-electron chi connectivity index (χ2n) is 14.8. The lowest BCUT2D eigenvalue weighted by molar-refractivity contribution is -0.0366. The Morgan fingerprint density at radius 3 is 2.68 bits per heavy atom. The number of amides is 1. The number of nitriles is 1. The first kappa shape index (κ1) is 35.1. The monoisotopic (exact) mass is 719 g/mol. The molecule has 3 saturated heterocycles.